The smallest absolute Gasteiger partial charge is 0.434 e. The molecule has 0 aliphatic rings. The average molecular weight is 335 g/mol. The number of imidazole rings is 1. The number of halogens is 4. The van der Waals surface area contributed by atoms with E-state index in [1.165, 1.54) is 18.7 Å². The molecule has 0 amide bonds. The summed E-state index contributed by atoms with van der Waals surface area (Å²) in [5.74, 6) is 0.771. The molecule has 0 bridgehead atoms. The van der Waals surface area contributed by atoms with Crippen LogP contribution in [0.5, 0.6) is 5.75 Å². The second kappa shape index (κ2) is 4.88. The molecule has 1 heterocycles. The lowest BCUT2D eigenvalue weighted by atomic mass is 10.2. The van der Waals surface area contributed by atoms with Crippen LogP contribution in [0.3, 0.4) is 0 Å². The molecule has 0 spiro atoms. The van der Waals surface area contributed by atoms with E-state index < -0.39 is 11.9 Å². The molecule has 0 unspecified atom stereocenters. The van der Waals surface area contributed by atoms with E-state index in [0.29, 0.717) is 11.3 Å². The summed E-state index contributed by atoms with van der Waals surface area (Å²) in [7, 11) is 3.01. The Kier molecular flexibility index (Phi) is 3.58. The van der Waals surface area contributed by atoms with Crippen LogP contribution in [-0.4, -0.2) is 16.7 Å². The summed E-state index contributed by atoms with van der Waals surface area (Å²) in [5.41, 5.74) is -0.357. The first-order valence-electron chi connectivity index (χ1n) is 5.27. The normalized spacial score (nSPS) is 11.7. The summed E-state index contributed by atoms with van der Waals surface area (Å²) in [6.45, 7) is 0. The molecular weight excluding hydrogens is 325 g/mol. The van der Waals surface area contributed by atoms with Crippen LogP contribution in [0.1, 0.15) is 5.69 Å². The van der Waals surface area contributed by atoms with Crippen molar-refractivity contribution >= 4 is 15.9 Å². The van der Waals surface area contributed by atoms with Gasteiger partial charge >= 0.3 is 6.18 Å². The maximum atomic E-state index is 12.6. The van der Waals surface area contributed by atoms with Crippen LogP contribution >= 0.6 is 15.9 Å². The van der Waals surface area contributed by atoms with Crippen LogP contribution in [-0.2, 0) is 13.2 Å². The molecule has 19 heavy (non-hydrogen) atoms. The largest absolute Gasteiger partial charge is 0.496 e. The predicted octanol–water partition coefficient (Wildman–Crippen LogP) is 3.88. The van der Waals surface area contributed by atoms with Gasteiger partial charge in [0.15, 0.2) is 5.69 Å². The van der Waals surface area contributed by atoms with Gasteiger partial charge in [-0.05, 0) is 34.1 Å². The van der Waals surface area contributed by atoms with Crippen molar-refractivity contribution in [3.63, 3.8) is 0 Å². The molecule has 2 aromatic rings. The van der Waals surface area contributed by atoms with Gasteiger partial charge in [0.05, 0.1) is 11.6 Å². The summed E-state index contributed by atoms with van der Waals surface area (Å²) in [6, 6.07) is 5.01. The van der Waals surface area contributed by atoms with Gasteiger partial charge in [0, 0.05) is 18.8 Å². The molecule has 0 atom stereocenters. The Balaban J connectivity index is 2.50. The van der Waals surface area contributed by atoms with E-state index in [-0.39, 0.29) is 5.82 Å². The standard InChI is InChI=1S/C12H10BrF3N2O/c1-18-6-10(12(14,15)16)17-11(18)7-3-4-8(13)9(5-7)19-2/h3-6H,1-2H3. The van der Waals surface area contributed by atoms with Crippen LogP contribution < -0.4 is 4.74 Å². The zero-order valence-electron chi connectivity index (χ0n) is 10.1. The van der Waals surface area contributed by atoms with Crippen molar-refractivity contribution < 1.29 is 17.9 Å². The second-order valence-electron chi connectivity index (χ2n) is 3.91. The number of aryl methyl sites for hydroxylation is 1. The lowest BCUT2D eigenvalue weighted by Crippen LogP contribution is -2.04. The molecule has 1 aromatic heterocycles. The highest BCUT2D eigenvalue weighted by Crippen LogP contribution is 2.33. The van der Waals surface area contributed by atoms with E-state index in [1.54, 1.807) is 18.2 Å². The van der Waals surface area contributed by atoms with Crippen molar-refractivity contribution in [1.29, 1.82) is 0 Å². The number of alkyl halides is 3. The Labute approximate surface area is 116 Å². The van der Waals surface area contributed by atoms with Crippen LogP contribution in [0.25, 0.3) is 11.4 Å². The molecule has 0 saturated carbocycles. The second-order valence-corrected chi connectivity index (χ2v) is 4.76. The zero-order chi connectivity index (χ0) is 14.2. The summed E-state index contributed by atoms with van der Waals surface area (Å²) < 4.78 is 45.0. The maximum Gasteiger partial charge on any atom is 0.434 e. The van der Waals surface area contributed by atoms with Crippen molar-refractivity contribution in [3.05, 3.63) is 34.6 Å². The Morgan fingerprint density at radius 2 is 2.00 bits per heavy atom. The summed E-state index contributed by atoms with van der Waals surface area (Å²) in [5, 5.41) is 0. The number of methoxy groups -OCH3 is 1. The minimum absolute atomic E-state index is 0.234. The van der Waals surface area contributed by atoms with Gasteiger partial charge in [0.2, 0.25) is 0 Å². The highest BCUT2D eigenvalue weighted by molar-refractivity contribution is 9.10. The lowest BCUT2D eigenvalue weighted by Gasteiger charge is -2.06. The van der Waals surface area contributed by atoms with Gasteiger partial charge in [-0.3, -0.25) is 0 Å². The van der Waals surface area contributed by atoms with Crippen molar-refractivity contribution in [2.24, 2.45) is 7.05 Å². The molecule has 0 N–H and O–H groups in total. The number of hydrogen-bond acceptors (Lipinski definition) is 2. The zero-order valence-corrected chi connectivity index (χ0v) is 11.7. The quantitative estimate of drug-likeness (QED) is 0.833. The molecule has 0 aliphatic carbocycles. The van der Waals surface area contributed by atoms with Gasteiger partial charge in [-0.2, -0.15) is 13.2 Å². The Morgan fingerprint density at radius 3 is 2.53 bits per heavy atom. The Bertz CT molecular complexity index is 608. The third-order valence-corrected chi connectivity index (χ3v) is 3.23. The van der Waals surface area contributed by atoms with Gasteiger partial charge in [0.1, 0.15) is 11.6 Å². The first kappa shape index (κ1) is 13.9. The molecular formula is C12H10BrF3N2O. The van der Waals surface area contributed by atoms with Gasteiger partial charge in [-0.25, -0.2) is 4.98 Å². The molecule has 0 saturated heterocycles. The summed E-state index contributed by atoms with van der Waals surface area (Å²) in [4.78, 5) is 3.62. The number of benzene rings is 1. The molecule has 7 heteroatoms. The van der Waals surface area contributed by atoms with Gasteiger partial charge in [-0.1, -0.05) is 0 Å². The number of rotatable bonds is 2. The van der Waals surface area contributed by atoms with Crippen LogP contribution in [0, 0.1) is 0 Å². The Hall–Kier alpha value is -1.50. The summed E-state index contributed by atoms with van der Waals surface area (Å²) >= 11 is 3.29. The fraction of sp³-hybridized carbons (Fsp3) is 0.250. The third-order valence-electron chi connectivity index (χ3n) is 2.58. The average Bonchev–Trinajstić information content (AvgIpc) is 2.72. The molecule has 102 valence electrons. The topological polar surface area (TPSA) is 27.1 Å². The summed E-state index contributed by atoms with van der Waals surface area (Å²) in [6.07, 6.45) is -3.49. The van der Waals surface area contributed by atoms with Gasteiger partial charge < -0.3 is 9.30 Å². The molecule has 0 radical (unpaired) electrons. The van der Waals surface area contributed by atoms with E-state index >= 15 is 0 Å². The van der Waals surface area contributed by atoms with Gasteiger partial charge in [0.25, 0.3) is 0 Å². The number of ether oxygens (including phenoxy) is 1. The van der Waals surface area contributed by atoms with E-state index in [2.05, 4.69) is 20.9 Å². The highest BCUT2D eigenvalue weighted by atomic mass is 79.9. The van der Waals surface area contributed by atoms with Crippen molar-refractivity contribution in [1.82, 2.24) is 9.55 Å². The molecule has 0 fully saturated rings. The molecule has 0 aliphatic heterocycles. The highest BCUT2D eigenvalue weighted by Gasteiger charge is 2.34. The molecule has 3 nitrogen and oxygen atoms in total. The lowest BCUT2D eigenvalue weighted by molar-refractivity contribution is -0.140. The minimum atomic E-state index is -4.45. The van der Waals surface area contributed by atoms with Crippen molar-refractivity contribution in [2.45, 2.75) is 6.18 Å². The first-order valence-corrected chi connectivity index (χ1v) is 6.06. The number of nitrogens with zero attached hydrogens (tertiary/aromatic N) is 2. The van der Waals surface area contributed by atoms with Crippen LogP contribution in [0.2, 0.25) is 0 Å². The first-order chi connectivity index (χ1) is 8.82. The fourth-order valence-corrected chi connectivity index (χ4v) is 2.08. The van der Waals surface area contributed by atoms with Gasteiger partial charge in [-0.15, -0.1) is 0 Å². The predicted molar refractivity (Wildman–Crippen MR) is 67.9 cm³/mol. The number of hydrogen-bond donors (Lipinski definition) is 0. The molecule has 1 aromatic carbocycles. The van der Waals surface area contributed by atoms with E-state index in [4.69, 9.17) is 4.74 Å². The van der Waals surface area contributed by atoms with Crippen molar-refractivity contribution in [2.75, 3.05) is 7.11 Å². The molecule has 2 rings (SSSR count). The number of aromatic nitrogens is 2. The fourth-order valence-electron chi connectivity index (χ4n) is 1.67. The van der Waals surface area contributed by atoms with E-state index in [9.17, 15) is 13.2 Å². The van der Waals surface area contributed by atoms with Crippen LogP contribution in [0.15, 0.2) is 28.9 Å². The van der Waals surface area contributed by atoms with E-state index in [0.717, 1.165) is 10.7 Å². The monoisotopic (exact) mass is 334 g/mol. The van der Waals surface area contributed by atoms with Crippen molar-refractivity contribution in [3.8, 4) is 17.1 Å². The maximum absolute atomic E-state index is 12.6. The third kappa shape index (κ3) is 2.75. The minimum Gasteiger partial charge on any atom is -0.496 e. The Morgan fingerprint density at radius 1 is 1.32 bits per heavy atom. The van der Waals surface area contributed by atoms with Crippen LogP contribution in [0.4, 0.5) is 13.2 Å². The van der Waals surface area contributed by atoms with E-state index in [1.807, 2.05) is 0 Å². The SMILES string of the molecule is COc1cc(-c2nc(C(F)(F)F)cn2C)ccc1Br.